The molecule has 3 aromatic rings. The molecule has 0 aliphatic carbocycles. The summed E-state index contributed by atoms with van der Waals surface area (Å²) in [4.78, 5) is 14.5. The van der Waals surface area contributed by atoms with E-state index in [0.717, 1.165) is 22.5 Å². The molecule has 202 valence electrons. The van der Waals surface area contributed by atoms with Crippen molar-refractivity contribution in [1.82, 2.24) is 9.21 Å². The van der Waals surface area contributed by atoms with Gasteiger partial charge in [0.05, 0.1) is 22.6 Å². The Morgan fingerprint density at radius 3 is 2.21 bits per heavy atom. The minimum atomic E-state index is -4.81. The van der Waals surface area contributed by atoms with E-state index in [-0.39, 0.29) is 32.1 Å². The fraction of sp³-hybridized carbons (Fsp3) is 0.269. The number of carbonyl (C=O) groups excluding carboxylic acids is 1. The van der Waals surface area contributed by atoms with Crippen LogP contribution in [0.4, 0.5) is 18.9 Å². The monoisotopic (exact) mass is 567 g/mol. The normalized spacial score (nSPS) is 16.1. The van der Waals surface area contributed by atoms with Gasteiger partial charge in [-0.3, -0.25) is 9.69 Å². The first kappa shape index (κ1) is 27.9. The minimum absolute atomic E-state index is 0.0838. The Hall–Kier alpha value is -3.12. The molecule has 38 heavy (non-hydrogen) atoms. The van der Waals surface area contributed by atoms with E-state index in [9.17, 15) is 26.4 Å². The molecule has 4 rings (SSSR count). The lowest BCUT2D eigenvalue weighted by atomic mass is 10.0. The van der Waals surface area contributed by atoms with Crippen LogP contribution in [-0.4, -0.2) is 56.8 Å². The average Bonchev–Trinajstić information content (AvgIpc) is 2.89. The number of methoxy groups -OCH3 is 1. The van der Waals surface area contributed by atoms with Crippen molar-refractivity contribution < 1.29 is 31.1 Å². The van der Waals surface area contributed by atoms with E-state index in [4.69, 9.17) is 16.3 Å². The fourth-order valence-corrected chi connectivity index (χ4v) is 6.28. The summed E-state index contributed by atoms with van der Waals surface area (Å²) in [6, 6.07) is 17.1. The molecule has 1 aliphatic rings. The Morgan fingerprint density at radius 2 is 1.61 bits per heavy atom. The molecule has 1 saturated heterocycles. The molecule has 1 heterocycles. The Morgan fingerprint density at radius 1 is 0.974 bits per heavy atom. The SMILES string of the molecule is COc1ccc(NC(=O)C(c2ccccc2)N2CCN(S(=O)(=O)c3ccccc3C(F)(F)F)CC2)cc1Cl. The van der Waals surface area contributed by atoms with Crippen LogP contribution in [0.5, 0.6) is 5.75 Å². The van der Waals surface area contributed by atoms with Gasteiger partial charge in [0.1, 0.15) is 11.8 Å². The van der Waals surface area contributed by atoms with Crippen molar-refractivity contribution >= 4 is 33.2 Å². The van der Waals surface area contributed by atoms with Crippen LogP contribution < -0.4 is 10.1 Å². The number of amides is 1. The number of anilines is 1. The molecular weight excluding hydrogens is 543 g/mol. The summed E-state index contributed by atoms with van der Waals surface area (Å²) < 4.78 is 73.0. The average molecular weight is 568 g/mol. The number of sulfonamides is 1. The van der Waals surface area contributed by atoms with Gasteiger partial charge >= 0.3 is 6.18 Å². The number of benzene rings is 3. The standard InChI is InChI=1S/C26H25ClF3N3O4S/c1-37-22-12-11-19(17-21(22)27)31-25(34)24(18-7-3-2-4-8-18)32-13-15-33(16-14-32)38(35,36)23-10-6-5-9-20(23)26(28,29)30/h2-12,17,24H,13-16H2,1H3,(H,31,34). The van der Waals surface area contributed by atoms with Crippen LogP contribution in [0.15, 0.2) is 77.7 Å². The minimum Gasteiger partial charge on any atom is -0.495 e. The lowest BCUT2D eigenvalue weighted by Crippen LogP contribution is -2.51. The van der Waals surface area contributed by atoms with Gasteiger partial charge < -0.3 is 10.1 Å². The van der Waals surface area contributed by atoms with Gasteiger partial charge in [0.15, 0.2) is 0 Å². The molecule has 1 aliphatic heterocycles. The van der Waals surface area contributed by atoms with Crippen molar-refractivity contribution in [3.8, 4) is 5.75 Å². The Bertz CT molecular complexity index is 1400. The molecule has 1 atom stereocenters. The second-order valence-corrected chi connectivity index (χ2v) is 10.9. The van der Waals surface area contributed by atoms with Gasteiger partial charge in [0, 0.05) is 31.9 Å². The van der Waals surface area contributed by atoms with E-state index in [1.54, 1.807) is 47.4 Å². The third kappa shape index (κ3) is 5.96. The Kier molecular flexibility index (Phi) is 8.31. The third-order valence-electron chi connectivity index (χ3n) is 6.23. The van der Waals surface area contributed by atoms with E-state index in [0.29, 0.717) is 22.0 Å². The Labute approximate surface area is 223 Å². The highest BCUT2D eigenvalue weighted by Gasteiger charge is 2.40. The highest BCUT2D eigenvalue weighted by Crippen LogP contribution is 2.36. The maximum absolute atomic E-state index is 13.5. The smallest absolute Gasteiger partial charge is 0.417 e. The number of alkyl halides is 3. The zero-order chi connectivity index (χ0) is 27.5. The van der Waals surface area contributed by atoms with Crippen molar-refractivity contribution in [2.45, 2.75) is 17.1 Å². The van der Waals surface area contributed by atoms with E-state index >= 15 is 0 Å². The van der Waals surface area contributed by atoms with Crippen molar-refractivity contribution in [3.05, 3.63) is 88.9 Å². The van der Waals surface area contributed by atoms with Crippen molar-refractivity contribution in [2.24, 2.45) is 0 Å². The van der Waals surface area contributed by atoms with Gasteiger partial charge in [-0.05, 0) is 35.9 Å². The zero-order valence-corrected chi connectivity index (χ0v) is 21.9. The summed E-state index contributed by atoms with van der Waals surface area (Å²) in [7, 11) is -2.93. The van der Waals surface area contributed by atoms with Crippen LogP contribution in [0.1, 0.15) is 17.2 Å². The molecular formula is C26H25ClF3N3O4S. The van der Waals surface area contributed by atoms with E-state index in [1.165, 1.54) is 13.2 Å². The number of piperazine rings is 1. The van der Waals surface area contributed by atoms with Crippen LogP contribution in [-0.2, 0) is 21.0 Å². The van der Waals surface area contributed by atoms with Crippen molar-refractivity contribution in [3.63, 3.8) is 0 Å². The van der Waals surface area contributed by atoms with Gasteiger partial charge in [-0.2, -0.15) is 17.5 Å². The second-order valence-electron chi connectivity index (χ2n) is 8.59. The molecule has 0 saturated carbocycles. The van der Waals surface area contributed by atoms with E-state index in [1.807, 2.05) is 6.07 Å². The number of ether oxygens (including phenoxy) is 1. The van der Waals surface area contributed by atoms with Crippen LogP contribution in [0.25, 0.3) is 0 Å². The number of carbonyl (C=O) groups is 1. The lowest BCUT2D eigenvalue weighted by Gasteiger charge is -2.38. The van der Waals surface area contributed by atoms with Gasteiger partial charge in [-0.25, -0.2) is 8.42 Å². The van der Waals surface area contributed by atoms with Gasteiger partial charge in [-0.1, -0.05) is 54.1 Å². The van der Waals surface area contributed by atoms with E-state index < -0.39 is 32.7 Å². The van der Waals surface area contributed by atoms with Crippen molar-refractivity contribution in [1.29, 1.82) is 0 Å². The maximum Gasteiger partial charge on any atom is 0.417 e. The Balaban J connectivity index is 1.55. The lowest BCUT2D eigenvalue weighted by molar-refractivity contribution is -0.140. The van der Waals surface area contributed by atoms with Crippen LogP contribution in [0, 0.1) is 0 Å². The molecule has 1 fully saturated rings. The molecule has 1 amide bonds. The molecule has 0 bridgehead atoms. The van der Waals surface area contributed by atoms with Gasteiger partial charge in [-0.15, -0.1) is 0 Å². The first-order valence-electron chi connectivity index (χ1n) is 11.6. The van der Waals surface area contributed by atoms with Crippen LogP contribution >= 0.6 is 11.6 Å². The molecule has 3 aromatic carbocycles. The van der Waals surface area contributed by atoms with Crippen LogP contribution in [0.2, 0.25) is 5.02 Å². The fourth-order valence-electron chi connectivity index (χ4n) is 4.39. The largest absolute Gasteiger partial charge is 0.495 e. The predicted molar refractivity (Wildman–Crippen MR) is 138 cm³/mol. The summed E-state index contributed by atoms with van der Waals surface area (Å²) in [6.07, 6.45) is -4.81. The number of nitrogens with one attached hydrogen (secondary N) is 1. The molecule has 1 N–H and O–H groups in total. The van der Waals surface area contributed by atoms with Gasteiger partial charge in [0.25, 0.3) is 0 Å². The highest BCUT2D eigenvalue weighted by molar-refractivity contribution is 7.89. The van der Waals surface area contributed by atoms with E-state index in [2.05, 4.69) is 5.32 Å². The summed E-state index contributed by atoms with van der Waals surface area (Å²) in [5.74, 6) is 0.0878. The third-order valence-corrected chi connectivity index (χ3v) is 8.48. The molecule has 0 radical (unpaired) electrons. The summed E-state index contributed by atoms with van der Waals surface area (Å²) in [5.41, 5.74) is -0.0721. The van der Waals surface area contributed by atoms with Gasteiger partial charge in [0.2, 0.25) is 15.9 Å². The zero-order valence-electron chi connectivity index (χ0n) is 20.3. The predicted octanol–water partition coefficient (Wildman–Crippen LogP) is 5.05. The number of halogens is 4. The highest BCUT2D eigenvalue weighted by atomic mass is 35.5. The number of rotatable bonds is 7. The molecule has 1 unspecified atom stereocenters. The van der Waals surface area contributed by atoms with Crippen molar-refractivity contribution in [2.75, 3.05) is 38.6 Å². The quantitative estimate of drug-likeness (QED) is 0.432. The summed E-state index contributed by atoms with van der Waals surface area (Å²) in [5, 5.41) is 3.16. The molecule has 0 aromatic heterocycles. The number of nitrogens with zero attached hydrogens (tertiary/aromatic N) is 2. The number of hydrogen-bond donors (Lipinski definition) is 1. The van der Waals surface area contributed by atoms with Crippen LogP contribution in [0.3, 0.4) is 0 Å². The molecule has 0 spiro atoms. The molecule has 7 nitrogen and oxygen atoms in total. The number of hydrogen-bond acceptors (Lipinski definition) is 5. The first-order chi connectivity index (χ1) is 18.0. The second kappa shape index (κ2) is 11.3. The topological polar surface area (TPSA) is 79.0 Å². The first-order valence-corrected chi connectivity index (χ1v) is 13.4. The molecule has 12 heteroatoms. The maximum atomic E-state index is 13.5. The summed E-state index contributed by atoms with van der Waals surface area (Å²) >= 11 is 6.19. The summed E-state index contributed by atoms with van der Waals surface area (Å²) in [6.45, 7) is 0.0898.